The first kappa shape index (κ1) is 14.0. The van der Waals surface area contributed by atoms with Crippen LogP contribution in [-0.4, -0.2) is 64.1 Å². The Bertz CT molecular complexity index is 483. The minimum absolute atomic E-state index is 0.0993. The fourth-order valence-electron chi connectivity index (χ4n) is 3.22. The van der Waals surface area contributed by atoms with Crippen LogP contribution in [0.3, 0.4) is 0 Å². The molecular formula is C14H21N3O2S. The highest BCUT2D eigenvalue weighted by atomic mass is 32.1. The van der Waals surface area contributed by atoms with E-state index in [1.807, 2.05) is 11.8 Å². The molecule has 2 heterocycles. The van der Waals surface area contributed by atoms with E-state index in [9.17, 15) is 9.90 Å². The lowest BCUT2D eigenvalue weighted by Gasteiger charge is -2.38. The molecule has 1 saturated heterocycles. The summed E-state index contributed by atoms with van der Waals surface area (Å²) in [5.41, 5.74) is 0. The van der Waals surface area contributed by atoms with Crippen LogP contribution in [0.1, 0.15) is 33.9 Å². The molecule has 1 saturated carbocycles. The smallest absolute Gasteiger partial charge is 0.265 e. The molecule has 110 valence electrons. The Labute approximate surface area is 123 Å². The van der Waals surface area contributed by atoms with Crippen LogP contribution < -0.4 is 0 Å². The molecule has 0 radical (unpaired) electrons. The highest BCUT2D eigenvalue weighted by Crippen LogP contribution is 2.25. The van der Waals surface area contributed by atoms with Gasteiger partial charge in [-0.25, -0.2) is 4.98 Å². The van der Waals surface area contributed by atoms with E-state index in [1.54, 1.807) is 6.20 Å². The van der Waals surface area contributed by atoms with E-state index >= 15 is 0 Å². The predicted molar refractivity (Wildman–Crippen MR) is 78.0 cm³/mol. The predicted octanol–water partition coefficient (Wildman–Crippen LogP) is 1.12. The van der Waals surface area contributed by atoms with Gasteiger partial charge in [0.2, 0.25) is 0 Å². The molecule has 0 unspecified atom stereocenters. The van der Waals surface area contributed by atoms with Gasteiger partial charge in [0.15, 0.2) is 0 Å². The highest BCUT2D eigenvalue weighted by Gasteiger charge is 2.33. The van der Waals surface area contributed by atoms with Gasteiger partial charge < -0.3 is 10.0 Å². The van der Waals surface area contributed by atoms with E-state index < -0.39 is 0 Å². The number of aliphatic hydroxyl groups excluding tert-OH is 1. The normalized spacial score (nSPS) is 28.0. The van der Waals surface area contributed by atoms with Gasteiger partial charge in [-0.05, 0) is 26.2 Å². The molecule has 1 aromatic heterocycles. The first-order chi connectivity index (χ1) is 9.65. The van der Waals surface area contributed by atoms with E-state index in [-0.39, 0.29) is 12.0 Å². The Balaban J connectivity index is 1.57. The second-order valence-electron chi connectivity index (χ2n) is 5.64. The van der Waals surface area contributed by atoms with Gasteiger partial charge in [-0.3, -0.25) is 9.69 Å². The van der Waals surface area contributed by atoms with Crippen LogP contribution in [0.25, 0.3) is 0 Å². The summed E-state index contributed by atoms with van der Waals surface area (Å²) in [5.74, 6) is 0.0993. The molecule has 20 heavy (non-hydrogen) atoms. The average molecular weight is 295 g/mol. The summed E-state index contributed by atoms with van der Waals surface area (Å²) in [6.07, 6.45) is 4.62. The van der Waals surface area contributed by atoms with Crippen molar-refractivity contribution in [3.63, 3.8) is 0 Å². The molecule has 0 bridgehead atoms. The van der Waals surface area contributed by atoms with Crippen molar-refractivity contribution < 1.29 is 9.90 Å². The number of hydrogen-bond donors (Lipinski definition) is 1. The summed E-state index contributed by atoms with van der Waals surface area (Å²) in [7, 11) is 0. The molecule has 0 spiro atoms. The molecule has 1 amide bonds. The van der Waals surface area contributed by atoms with Crippen LogP contribution >= 0.6 is 11.3 Å². The number of aliphatic hydroxyl groups is 1. The van der Waals surface area contributed by atoms with E-state index in [0.717, 1.165) is 55.3 Å². The number of thiazole rings is 1. The summed E-state index contributed by atoms with van der Waals surface area (Å²) < 4.78 is 0. The maximum atomic E-state index is 12.3. The summed E-state index contributed by atoms with van der Waals surface area (Å²) >= 11 is 1.46. The van der Waals surface area contributed by atoms with Gasteiger partial charge in [-0.15, -0.1) is 11.3 Å². The van der Waals surface area contributed by atoms with Crippen LogP contribution in [0.2, 0.25) is 0 Å². The Kier molecular flexibility index (Phi) is 4.05. The summed E-state index contributed by atoms with van der Waals surface area (Å²) in [6, 6.07) is 0.304. The number of aryl methyl sites for hydroxylation is 1. The lowest BCUT2D eigenvalue weighted by molar-refractivity contribution is 0.0317. The third-order valence-electron chi connectivity index (χ3n) is 4.35. The van der Waals surface area contributed by atoms with Crippen LogP contribution in [0.5, 0.6) is 0 Å². The topological polar surface area (TPSA) is 56.7 Å². The number of aromatic nitrogens is 1. The quantitative estimate of drug-likeness (QED) is 0.888. The van der Waals surface area contributed by atoms with Crippen molar-refractivity contribution in [3.8, 4) is 0 Å². The molecule has 2 fully saturated rings. The van der Waals surface area contributed by atoms with Gasteiger partial charge in [0.05, 0.1) is 17.3 Å². The maximum Gasteiger partial charge on any atom is 0.265 e. The molecule has 2 atom stereocenters. The van der Waals surface area contributed by atoms with E-state index in [0.29, 0.717) is 6.04 Å². The number of carbonyl (C=O) groups excluding carboxylic acids is 1. The Morgan fingerprint density at radius 1 is 1.35 bits per heavy atom. The molecule has 3 rings (SSSR count). The number of hydrogen-bond acceptors (Lipinski definition) is 5. The molecule has 0 aromatic carbocycles. The summed E-state index contributed by atoms with van der Waals surface area (Å²) in [5, 5.41) is 10.9. The Morgan fingerprint density at radius 2 is 2.10 bits per heavy atom. The second kappa shape index (κ2) is 5.79. The largest absolute Gasteiger partial charge is 0.391 e. The van der Waals surface area contributed by atoms with E-state index in [4.69, 9.17) is 0 Å². The Hall–Kier alpha value is -0.980. The van der Waals surface area contributed by atoms with Crippen molar-refractivity contribution in [3.05, 3.63) is 16.1 Å². The van der Waals surface area contributed by atoms with Crippen molar-refractivity contribution in [2.45, 2.75) is 38.3 Å². The van der Waals surface area contributed by atoms with Crippen molar-refractivity contribution in [2.24, 2.45) is 0 Å². The van der Waals surface area contributed by atoms with Crippen LogP contribution in [0.4, 0.5) is 0 Å². The molecule has 1 aromatic rings. The van der Waals surface area contributed by atoms with Crippen LogP contribution in [0, 0.1) is 6.92 Å². The van der Waals surface area contributed by atoms with Gasteiger partial charge in [-0.1, -0.05) is 0 Å². The third kappa shape index (κ3) is 2.73. The van der Waals surface area contributed by atoms with E-state index in [1.165, 1.54) is 11.3 Å². The molecule has 1 aliphatic heterocycles. The number of nitrogens with zero attached hydrogens (tertiary/aromatic N) is 3. The Morgan fingerprint density at radius 3 is 2.65 bits per heavy atom. The molecular weight excluding hydrogens is 274 g/mol. The van der Waals surface area contributed by atoms with Crippen molar-refractivity contribution in [1.82, 2.24) is 14.8 Å². The lowest BCUT2D eigenvalue weighted by Crippen LogP contribution is -2.53. The first-order valence-corrected chi connectivity index (χ1v) is 8.10. The number of carbonyl (C=O) groups is 1. The fraction of sp³-hybridized carbons (Fsp3) is 0.714. The molecule has 6 heteroatoms. The van der Waals surface area contributed by atoms with E-state index in [2.05, 4.69) is 9.88 Å². The molecule has 1 aliphatic carbocycles. The highest BCUT2D eigenvalue weighted by molar-refractivity contribution is 7.13. The monoisotopic (exact) mass is 295 g/mol. The minimum atomic E-state index is -0.179. The van der Waals surface area contributed by atoms with Crippen molar-refractivity contribution >= 4 is 17.2 Å². The molecule has 5 nitrogen and oxygen atoms in total. The standard InChI is InChI=1S/C14H21N3O2S/c1-10-15-9-13(20-10)14(19)17-7-5-16(6-8-17)11-3-2-4-12(11)18/h9,11-12,18H,2-8H2,1H3/t11-,12-/m0/s1. The summed E-state index contributed by atoms with van der Waals surface area (Å²) in [6.45, 7) is 5.15. The maximum absolute atomic E-state index is 12.3. The lowest BCUT2D eigenvalue weighted by atomic mass is 10.1. The zero-order valence-corrected chi connectivity index (χ0v) is 12.6. The second-order valence-corrected chi connectivity index (χ2v) is 6.87. The zero-order valence-electron chi connectivity index (χ0n) is 11.8. The van der Waals surface area contributed by atoms with Gasteiger partial charge in [0.25, 0.3) is 5.91 Å². The SMILES string of the molecule is Cc1ncc(C(=O)N2CCN([C@H]3CCC[C@@H]3O)CC2)s1. The van der Waals surface area contributed by atoms with Gasteiger partial charge in [-0.2, -0.15) is 0 Å². The van der Waals surface area contributed by atoms with Crippen molar-refractivity contribution in [2.75, 3.05) is 26.2 Å². The van der Waals surface area contributed by atoms with Crippen LogP contribution in [-0.2, 0) is 0 Å². The number of rotatable bonds is 2. The van der Waals surface area contributed by atoms with Crippen molar-refractivity contribution in [1.29, 1.82) is 0 Å². The minimum Gasteiger partial charge on any atom is -0.391 e. The first-order valence-electron chi connectivity index (χ1n) is 7.29. The number of amides is 1. The summed E-state index contributed by atoms with van der Waals surface area (Å²) in [4.78, 5) is 21.5. The zero-order chi connectivity index (χ0) is 14.1. The van der Waals surface area contributed by atoms with Crippen LogP contribution in [0.15, 0.2) is 6.20 Å². The number of piperazine rings is 1. The average Bonchev–Trinajstić information content (AvgIpc) is 3.07. The van der Waals surface area contributed by atoms with Gasteiger partial charge in [0, 0.05) is 32.2 Å². The molecule has 1 N–H and O–H groups in total. The van der Waals surface area contributed by atoms with Gasteiger partial charge in [0.1, 0.15) is 4.88 Å². The van der Waals surface area contributed by atoms with Gasteiger partial charge >= 0.3 is 0 Å². The fourth-order valence-corrected chi connectivity index (χ4v) is 3.97. The molecule has 2 aliphatic rings. The third-order valence-corrected chi connectivity index (χ3v) is 5.25.